The highest BCUT2D eigenvalue weighted by Gasteiger charge is 2.45. The Hall–Kier alpha value is -3.14. The smallest absolute Gasteiger partial charge is 0.477 e. The summed E-state index contributed by atoms with van der Waals surface area (Å²) in [6.07, 6.45) is 0.0871. The van der Waals surface area contributed by atoms with Crippen LogP contribution in [0.15, 0.2) is 18.2 Å². The first-order valence-electron chi connectivity index (χ1n) is 14.2. The summed E-state index contributed by atoms with van der Waals surface area (Å²) >= 11 is 0. The van der Waals surface area contributed by atoms with Gasteiger partial charge in [-0.05, 0) is 77.0 Å². The van der Waals surface area contributed by atoms with E-state index in [1.807, 2.05) is 41.5 Å². The molecule has 1 aromatic carbocycles. The van der Waals surface area contributed by atoms with Gasteiger partial charge in [0, 0.05) is 12.5 Å². The summed E-state index contributed by atoms with van der Waals surface area (Å²) in [5.41, 5.74) is -3.83. The van der Waals surface area contributed by atoms with Gasteiger partial charge in [-0.1, -0.05) is 47.6 Å². The molecule has 0 aliphatic heterocycles. The minimum absolute atomic E-state index is 0.0156. The number of carbonyl (C=O) groups is 4. The number of carbonyl (C=O) groups excluding carboxylic acids is 3. The highest BCUT2D eigenvalue weighted by molar-refractivity contribution is 5.82. The van der Waals surface area contributed by atoms with Crippen molar-refractivity contribution in [2.45, 2.75) is 114 Å². The average Bonchev–Trinajstić information content (AvgIpc) is 2.87. The number of hydrogen-bond acceptors (Lipinski definition) is 9. The second kappa shape index (κ2) is 14.2. The van der Waals surface area contributed by atoms with Gasteiger partial charge in [0.05, 0.1) is 17.4 Å². The molecule has 2 N–H and O–H groups in total. The summed E-state index contributed by atoms with van der Waals surface area (Å²) in [5.74, 6) is -2.53. The number of nitrogens with one attached hydrogen (secondary N) is 1. The van der Waals surface area contributed by atoms with Crippen LogP contribution in [0.2, 0.25) is 0 Å². The van der Waals surface area contributed by atoms with E-state index in [-0.39, 0.29) is 36.0 Å². The van der Waals surface area contributed by atoms with E-state index in [1.54, 1.807) is 34.6 Å². The first kappa shape index (κ1) is 35.9. The van der Waals surface area contributed by atoms with Gasteiger partial charge in [-0.2, -0.15) is 0 Å². The second-order valence-corrected chi connectivity index (χ2v) is 13.0. The number of hydrogen-bond donors (Lipinski definition) is 2. The Balaban J connectivity index is 3.58. The molecule has 0 bridgehead atoms. The zero-order chi connectivity index (χ0) is 31.8. The number of carboxylic acids is 1. The maximum absolute atomic E-state index is 13.0. The number of ether oxygens (including phenoxy) is 4. The third-order valence-electron chi connectivity index (χ3n) is 7.06. The molecule has 1 rings (SSSR count). The number of esters is 2. The lowest BCUT2D eigenvalue weighted by atomic mass is 9.90. The molecular formula is C31H49NO9. The summed E-state index contributed by atoms with van der Waals surface area (Å²) in [7, 11) is 0. The molecule has 0 aliphatic rings. The molecule has 1 aromatic rings. The van der Waals surface area contributed by atoms with Gasteiger partial charge in [-0.3, -0.25) is 14.9 Å². The number of carboxylic acid groups (broad SMARTS) is 1. The van der Waals surface area contributed by atoms with Crippen molar-refractivity contribution in [2.24, 2.45) is 16.2 Å². The van der Waals surface area contributed by atoms with E-state index in [9.17, 15) is 24.3 Å². The average molecular weight is 580 g/mol. The predicted molar refractivity (Wildman–Crippen MR) is 155 cm³/mol. The van der Waals surface area contributed by atoms with Crippen LogP contribution in [-0.4, -0.2) is 47.5 Å². The summed E-state index contributed by atoms with van der Waals surface area (Å²) < 4.78 is 22.0. The Labute approximate surface area is 244 Å². The third kappa shape index (κ3) is 10.6. The van der Waals surface area contributed by atoms with Crippen LogP contribution >= 0.6 is 0 Å². The molecule has 0 aromatic heterocycles. The van der Waals surface area contributed by atoms with E-state index in [0.29, 0.717) is 24.8 Å². The zero-order valence-electron chi connectivity index (χ0n) is 26.6. The molecule has 0 amide bonds. The van der Waals surface area contributed by atoms with Crippen molar-refractivity contribution in [3.63, 3.8) is 0 Å². The fraction of sp³-hybridized carbons (Fsp3) is 0.677. The molecule has 0 radical (unpaired) electrons. The number of aliphatic carboxylic acids is 1. The molecule has 0 aliphatic carbocycles. The van der Waals surface area contributed by atoms with Crippen molar-refractivity contribution < 1.29 is 43.2 Å². The minimum Gasteiger partial charge on any atom is -0.477 e. The van der Waals surface area contributed by atoms with E-state index in [2.05, 4.69) is 5.32 Å². The summed E-state index contributed by atoms with van der Waals surface area (Å²) in [6, 6.07) is 4.05. The molecule has 10 nitrogen and oxygen atoms in total. The minimum atomic E-state index is -2.20. The van der Waals surface area contributed by atoms with Gasteiger partial charge in [0.25, 0.3) is 5.72 Å². The van der Waals surface area contributed by atoms with Crippen molar-refractivity contribution in [1.82, 2.24) is 5.32 Å². The van der Waals surface area contributed by atoms with Gasteiger partial charge in [-0.25, -0.2) is 9.59 Å². The second-order valence-electron chi connectivity index (χ2n) is 13.0. The van der Waals surface area contributed by atoms with Gasteiger partial charge < -0.3 is 24.1 Å². The van der Waals surface area contributed by atoms with E-state index >= 15 is 0 Å². The standard InChI is InChI=1S/C31H49NO9/c1-12-20(4)32-31(24(33)34,41-27(37)38-19-28(5,6)7)18-21-15-16-22(39-25(35)29(8,9)13-2)23(17-21)40-26(36)30(10,11)14-3/h15-17,20,32H,12-14,18-19H2,1-11H3,(H,33,34)/t20?,31-/m0/s1. The maximum Gasteiger partial charge on any atom is 0.510 e. The maximum atomic E-state index is 13.0. The first-order chi connectivity index (χ1) is 18.7. The van der Waals surface area contributed by atoms with E-state index < -0.39 is 40.6 Å². The van der Waals surface area contributed by atoms with Crippen LogP contribution in [0.5, 0.6) is 11.5 Å². The van der Waals surface area contributed by atoms with Gasteiger partial charge in [0.2, 0.25) is 0 Å². The zero-order valence-corrected chi connectivity index (χ0v) is 26.6. The Morgan fingerprint density at radius 1 is 0.854 bits per heavy atom. The van der Waals surface area contributed by atoms with E-state index in [4.69, 9.17) is 18.9 Å². The highest BCUT2D eigenvalue weighted by atomic mass is 16.7. The van der Waals surface area contributed by atoms with Crippen molar-refractivity contribution >= 4 is 24.1 Å². The van der Waals surface area contributed by atoms with E-state index in [1.165, 1.54) is 18.2 Å². The molecule has 0 spiro atoms. The van der Waals surface area contributed by atoms with E-state index in [0.717, 1.165) is 0 Å². The lowest BCUT2D eigenvalue weighted by Gasteiger charge is -2.33. The Morgan fingerprint density at radius 3 is 1.80 bits per heavy atom. The Morgan fingerprint density at radius 2 is 1.37 bits per heavy atom. The van der Waals surface area contributed by atoms with Crippen LogP contribution < -0.4 is 14.8 Å². The van der Waals surface area contributed by atoms with Crippen LogP contribution in [0.25, 0.3) is 0 Å². The first-order valence-corrected chi connectivity index (χ1v) is 14.2. The molecule has 10 heteroatoms. The summed E-state index contributed by atoms with van der Waals surface area (Å²) in [4.78, 5) is 51.1. The summed E-state index contributed by atoms with van der Waals surface area (Å²) in [5, 5.41) is 13.2. The third-order valence-corrected chi connectivity index (χ3v) is 7.06. The SMILES string of the molecule is CCC(C)N[C@@](Cc1ccc(OC(=O)C(C)(C)CC)c(OC(=O)C(C)(C)CC)c1)(OC(=O)OCC(C)(C)C)C(=O)O. The van der Waals surface area contributed by atoms with Crippen LogP contribution in [0.3, 0.4) is 0 Å². The molecule has 232 valence electrons. The van der Waals surface area contributed by atoms with Crippen LogP contribution in [0.1, 0.15) is 101 Å². The molecule has 41 heavy (non-hydrogen) atoms. The molecule has 1 unspecified atom stereocenters. The molecule has 0 saturated carbocycles. The lowest BCUT2D eigenvalue weighted by Crippen LogP contribution is -2.59. The monoisotopic (exact) mass is 579 g/mol. The van der Waals surface area contributed by atoms with Crippen molar-refractivity contribution in [2.75, 3.05) is 6.61 Å². The summed E-state index contributed by atoms with van der Waals surface area (Å²) in [6.45, 7) is 19.9. The van der Waals surface area contributed by atoms with Crippen molar-refractivity contribution in [3.8, 4) is 11.5 Å². The fourth-order valence-electron chi connectivity index (χ4n) is 3.12. The highest BCUT2D eigenvalue weighted by Crippen LogP contribution is 2.35. The van der Waals surface area contributed by atoms with Crippen LogP contribution in [0.4, 0.5) is 4.79 Å². The van der Waals surface area contributed by atoms with Crippen LogP contribution in [0, 0.1) is 16.2 Å². The van der Waals surface area contributed by atoms with Gasteiger partial charge >= 0.3 is 24.1 Å². The number of benzene rings is 1. The van der Waals surface area contributed by atoms with Crippen LogP contribution in [-0.2, 0) is 30.3 Å². The number of rotatable bonds is 14. The fourth-order valence-corrected chi connectivity index (χ4v) is 3.12. The normalized spacial score (nSPS) is 14.4. The Bertz CT molecular complexity index is 1090. The molecule has 0 fully saturated rings. The molecule has 0 saturated heterocycles. The molecule has 2 atom stereocenters. The van der Waals surface area contributed by atoms with Gasteiger partial charge in [0.1, 0.15) is 0 Å². The Kier molecular flexibility index (Phi) is 12.4. The lowest BCUT2D eigenvalue weighted by molar-refractivity contribution is -0.167. The topological polar surface area (TPSA) is 137 Å². The predicted octanol–water partition coefficient (Wildman–Crippen LogP) is 6.28. The largest absolute Gasteiger partial charge is 0.510 e. The van der Waals surface area contributed by atoms with Crippen molar-refractivity contribution in [3.05, 3.63) is 23.8 Å². The molecular weight excluding hydrogens is 530 g/mol. The van der Waals surface area contributed by atoms with Gasteiger partial charge in [-0.15, -0.1) is 0 Å². The molecule has 0 heterocycles. The quantitative estimate of drug-likeness (QED) is 0.147. The van der Waals surface area contributed by atoms with Gasteiger partial charge in [0.15, 0.2) is 11.5 Å². The van der Waals surface area contributed by atoms with Crippen molar-refractivity contribution in [1.29, 1.82) is 0 Å².